The van der Waals surface area contributed by atoms with Gasteiger partial charge in [-0.1, -0.05) is 26.2 Å². The summed E-state index contributed by atoms with van der Waals surface area (Å²) in [5.41, 5.74) is -0.194. The lowest BCUT2D eigenvalue weighted by Gasteiger charge is -2.32. The lowest BCUT2D eigenvalue weighted by atomic mass is 9.81. The van der Waals surface area contributed by atoms with Gasteiger partial charge in [0.1, 0.15) is 0 Å². The number of amides is 1. The summed E-state index contributed by atoms with van der Waals surface area (Å²) in [4.78, 5) is 14.5. The quantitative estimate of drug-likeness (QED) is 0.711. The van der Waals surface area contributed by atoms with Crippen molar-refractivity contribution in [3.63, 3.8) is 0 Å². The van der Waals surface area contributed by atoms with Crippen molar-refractivity contribution in [3.05, 3.63) is 0 Å². The van der Waals surface area contributed by atoms with Crippen molar-refractivity contribution >= 4 is 5.91 Å². The first kappa shape index (κ1) is 14.1. The zero-order valence-electron chi connectivity index (χ0n) is 11.1. The Balaban J connectivity index is 2.78. The first-order chi connectivity index (χ1) is 8.20. The van der Waals surface area contributed by atoms with Crippen LogP contribution < -0.4 is 5.32 Å². The molecule has 3 nitrogen and oxygen atoms in total. The molecule has 0 aromatic carbocycles. The fourth-order valence-electron chi connectivity index (χ4n) is 2.69. The number of terminal acetylenes is 1. The van der Waals surface area contributed by atoms with Crippen molar-refractivity contribution in [2.45, 2.75) is 39.5 Å². The molecule has 1 rings (SSSR count). The highest BCUT2D eigenvalue weighted by Gasteiger charge is 2.42. The number of hydrogen-bond donors (Lipinski definition) is 1. The molecule has 0 bridgehead atoms. The smallest absolute Gasteiger partial charge is 0.230 e. The molecule has 1 unspecified atom stereocenters. The SMILES string of the molecule is C#CCN(CCC)C(=O)C1(CCC)CCNC1. The van der Waals surface area contributed by atoms with Crippen LogP contribution in [-0.4, -0.2) is 37.0 Å². The fraction of sp³-hybridized carbons (Fsp3) is 0.786. The molecule has 0 aliphatic carbocycles. The van der Waals surface area contributed by atoms with E-state index < -0.39 is 0 Å². The van der Waals surface area contributed by atoms with E-state index >= 15 is 0 Å². The molecule has 17 heavy (non-hydrogen) atoms. The fourth-order valence-corrected chi connectivity index (χ4v) is 2.69. The van der Waals surface area contributed by atoms with Gasteiger partial charge in [-0.3, -0.25) is 4.79 Å². The van der Waals surface area contributed by atoms with E-state index in [-0.39, 0.29) is 11.3 Å². The normalized spacial score (nSPS) is 23.4. The van der Waals surface area contributed by atoms with Crippen molar-refractivity contribution in [2.24, 2.45) is 5.41 Å². The molecule has 0 aromatic rings. The van der Waals surface area contributed by atoms with Crippen LogP contribution in [0, 0.1) is 17.8 Å². The van der Waals surface area contributed by atoms with Crippen LogP contribution in [-0.2, 0) is 4.79 Å². The second-order valence-electron chi connectivity index (χ2n) is 4.89. The van der Waals surface area contributed by atoms with E-state index in [0.29, 0.717) is 6.54 Å². The molecule has 1 atom stereocenters. The lowest BCUT2D eigenvalue weighted by Crippen LogP contribution is -2.45. The zero-order valence-corrected chi connectivity index (χ0v) is 11.1. The topological polar surface area (TPSA) is 32.3 Å². The Morgan fingerprint density at radius 1 is 1.47 bits per heavy atom. The second-order valence-corrected chi connectivity index (χ2v) is 4.89. The molecule has 0 radical (unpaired) electrons. The highest BCUT2D eigenvalue weighted by Crippen LogP contribution is 2.33. The summed E-state index contributed by atoms with van der Waals surface area (Å²) in [7, 11) is 0. The molecule has 0 aromatic heterocycles. The van der Waals surface area contributed by atoms with Gasteiger partial charge in [0, 0.05) is 13.1 Å². The molecule has 96 valence electrons. The standard InChI is InChI=1S/C14H24N2O/c1-4-7-14(8-9-15-12-14)13(17)16(10-5-2)11-6-3/h2,15H,4,6-12H2,1,3H3. The van der Waals surface area contributed by atoms with Crippen LogP contribution in [0.25, 0.3) is 0 Å². The maximum atomic E-state index is 12.6. The highest BCUT2D eigenvalue weighted by molar-refractivity contribution is 5.83. The molecular weight excluding hydrogens is 212 g/mol. The lowest BCUT2D eigenvalue weighted by molar-refractivity contribution is -0.141. The van der Waals surface area contributed by atoms with Gasteiger partial charge in [-0.15, -0.1) is 6.42 Å². The molecule has 1 aliphatic rings. The van der Waals surface area contributed by atoms with Crippen molar-refractivity contribution < 1.29 is 4.79 Å². The largest absolute Gasteiger partial charge is 0.331 e. The Labute approximate surface area is 105 Å². The van der Waals surface area contributed by atoms with Crippen LogP contribution in [0.5, 0.6) is 0 Å². The van der Waals surface area contributed by atoms with Crippen molar-refractivity contribution in [1.82, 2.24) is 10.2 Å². The first-order valence-electron chi connectivity index (χ1n) is 6.63. The van der Waals surface area contributed by atoms with Gasteiger partial charge < -0.3 is 10.2 Å². The summed E-state index contributed by atoms with van der Waals surface area (Å²) in [5, 5.41) is 3.32. The molecule has 1 amide bonds. The number of hydrogen-bond acceptors (Lipinski definition) is 2. The van der Waals surface area contributed by atoms with Gasteiger partial charge >= 0.3 is 0 Å². The van der Waals surface area contributed by atoms with Crippen LogP contribution in [0.2, 0.25) is 0 Å². The Morgan fingerprint density at radius 3 is 2.71 bits per heavy atom. The van der Waals surface area contributed by atoms with Crippen LogP contribution >= 0.6 is 0 Å². The Kier molecular flexibility index (Phi) is 5.50. The van der Waals surface area contributed by atoms with Gasteiger partial charge in [0.2, 0.25) is 5.91 Å². The average Bonchev–Trinajstić information content (AvgIpc) is 2.78. The van der Waals surface area contributed by atoms with E-state index in [0.717, 1.165) is 45.3 Å². The van der Waals surface area contributed by atoms with Crippen molar-refractivity contribution in [3.8, 4) is 12.3 Å². The zero-order chi connectivity index (χ0) is 12.7. The van der Waals surface area contributed by atoms with E-state index in [1.54, 1.807) is 0 Å². The minimum absolute atomic E-state index is 0.194. The highest BCUT2D eigenvalue weighted by atomic mass is 16.2. The number of rotatable bonds is 6. The predicted molar refractivity (Wildman–Crippen MR) is 70.5 cm³/mol. The van der Waals surface area contributed by atoms with Crippen molar-refractivity contribution in [2.75, 3.05) is 26.2 Å². The first-order valence-corrected chi connectivity index (χ1v) is 6.63. The van der Waals surface area contributed by atoms with Gasteiger partial charge in [-0.05, 0) is 25.8 Å². The van der Waals surface area contributed by atoms with E-state index in [2.05, 4.69) is 25.1 Å². The molecule has 0 saturated carbocycles. The van der Waals surface area contributed by atoms with Crippen molar-refractivity contribution in [1.29, 1.82) is 0 Å². The van der Waals surface area contributed by atoms with E-state index in [9.17, 15) is 4.79 Å². The van der Waals surface area contributed by atoms with Gasteiger partial charge in [0.05, 0.1) is 12.0 Å². The molecule has 3 heteroatoms. The molecule has 0 spiro atoms. The average molecular weight is 236 g/mol. The van der Waals surface area contributed by atoms with Crippen LogP contribution in [0.4, 0.5) is 0 Å². The maximum Gasteiger partial charge on any atom is 0.230 e. The van der Waals surface area contributed by atoms with Crippen LogP contribution in [0.3, 0.4) is 0 Å². The van der Waals surface area contributed by atoms with Gasteiger partial charge in [-0.25, -0.2) is 0 Å². The molecular formula is C14H24N2O. The molecule has 1 heterocycles. The third-order valence-corrected chi connectivity index (χ3v) is 3.49. The van der Waals surface area contributed by atoms with E-state index in [1.807, 2.05) is 4.90 Å². The Morgan fingerprint density at radius 2 is 2.24 bits per heavy atom. The summed E-state index contributed by atoms with van der Waals surface area (Å²) >= 11 is 0. The summed E-state index contributed by atoms with van der Waals surface area (Å²) in [6.45, 7) is 7.19. The van der Waals surface area contributed by atoms with Crippen LogP contribution in [0.1, 0.15) is 39.5 Å². The number of carbonyl (C=O) groups is 1. The van der Waals surface area contributed by atoms with Crippen LogP contribution in [0.15, 0.2) is 0 Å². The third-order valence-electron chi connectivity index (χ3n) is 3.49. The predicted octanol–water partition coefficient (Wildman–Crippen LogP) is 1.64. The molecule has 1 fully saturated rings. The maximum absolute atomic E-state index is 12.6. The number of nitrogens with one attached hydrogen (secondary N) is 1. The third kappa shape index (κ3) is 3.23. The Bertz CT molecular complexity index is 287. The second kappa shape index (κ2) is 6.66. The summed E-state index contributed by atoms with van der Waals surface area (Å²) in [5.74, 6) is 2.85. The van der Waals surface area contributed by atoms with Gasteiger partial charge in [-0.2, -0.15) is 0 Å². The summed E-state index contributed by atoms with van der Waals surface area (Å²) in [6, 6.07) is 0. The minimum Gasteiger partial charge on any atom is -0.331 e. The molecule has 1 saturated heterocycles. The molecule has 1 N–H and O–H groups in total. The number of carbonyl (C=O) groups excluding carboxylic acids is 1. The summed E-state index contributed by atoms with van der Waals surface area (Å²) in [6.07, 6.45) is 9.27. The van der Waals surface area contributed by atoms with Gasteiger partial charge in [0.15, 0.2) is 0 Å². The van der Waals surface area contributed by atoms with E-state index in [4.69, 9.17) is 6.42 Å². The summed E-state index contributed by atoms with van der Waals surface area (Å²) < 4.78 is 0. The number of nitrogens with zero attached hydrogens (tertiary/aromatic N) is 1. The van der Waals surface area contributed by atoms with Gasteiger partial charge in [0.25, 0.3) is 0 Å². The van der Waals surface area contributed by atoms with E-state index in [1.165, 1.54) is 0 Å². The minimum atomic E-state index is -0.194. The molecule has 1 aliphatic heterocycles. The Hall–Kier alpha value is -1.01. The monoisotopic (exact) mass is 236 g/mol.